The van der Waals surface area contributed by atoms with Crippen LogP contribution in [0.1, 0.15) is 97.4 Å². The van der Waals surface area contributed by atoms with Crippen molar-refractivity contribution in [2.75, 3.05) is 6.54 Å². The SMILES string of the molecule is Cc1c(C)c(S(=O)(=O)NC(=N)NCCC[C@H](NC(=O)OC(C)(C)C)C(=O)N[C@H](C(=O)O)C(C)OC(C)(C)C)c(C)c2c1OC(C)(C)C2. The Morgan fingerprint density at radius 2 is 1.60 bits per heavy atom. The Morgan fingerprint density at radius 3 is 2.13 bits per heavy atom. The van der Waals surface area contributed by atoms with Gasteiger partial charge < -0.3 is 35.3 Å². The van der Waals surface area contributed by atoms with Crippen molar-refractivity contribution < 1.29 is 42.1 Å². The Kier molecular flexibility index (Phi) is 12.4. The van der Waals surface area contributed by atoms with Crippen LogP contribution in [0, 0.1) is 26.2 Å². The number of carboxylic acids is 1. The predicted molar refractivity (Wildman–Crippen MR) is 177 cm³/mol. The molecule has 1 aliphatic rings. The third-order valence-corrected chi connectivity index (χ3v) is 8.97. The highest BCUT2D eigenvalue weighted by atomic mass is 32.2. The van der Waals surface area contributed by atoms with Gasteiger partial charge in [-0.25, -0.2) is 22.7 Å². The summed E-state index contributed by atoms with van der Waals surface area (Å²) in [6.07, 6.45) is -1.02. The van der Waals surface area contributed by atoms with E-state index < -0.39 is 68.9 Å². The number of guanidine groups is 1. The molecule has 1 aromatic carbocycles. The summed E-state index contributed by atoms with van der Waals surface area (Å²) in [5.41, 5.74) is 0.655. The summed E-state index contributed by atoms with van der Waals surface area (Å²) in [6, 6.07) is -2.61. The Morgan fingerprint density at radius 1 is 1.00 bits per heavy atom. The van der Waals surface area contributed by atoms with Gasteiger partial charge in [0.2, 0.25) is 11.9 Å². The lowest BCUT2D eigenvalue weighted by molar-refractivity contribution is -0.150. The molecule has 0 aliphatic carbocycles. The molecule has 1 unspecified atom stereocenters. The van der Waals surface area contributed by atoms with E-state index in [0.29, 0.717) is 23.3 Å². The number of hydrogen-bond donors (Lipinski definition) is 6. The molecular formula is C32H53N5O9S. The summed E-state index contributed by atoms with van der Waals surface area (Å²) >= 11 is 0. The lowest BCUT2D eigenvalue weighted by Crippen LogP contribution is -2.56. The van der Waals surface area contributed by atoms with E-state index in [1.54, 1.807) is 55.4 Å². The third kappa shape index (κ3) is 11.3. The van der Waals surface area contributed by atoms with E-state index in [1.807, 2.05) is 20.8 Å². The molecule has 2 rings (SSSR count). The summed E-state index contributed by atoms with van der Waals surface area (Å²) in [4.78, 5) is 37.9. The van der Waals surface area contributed by atoms with Crippen molar-refractivity contribution in [3.05, 3.63) is 22.3 Å². The van der Waals surface area contributed by atoms with Crippen molar-refractivity contribution in [3.8, 4) is 5.75 Å². The van der Waals surface area contributed by atoms with Gasteiger partial charge in [-0.05, 0) is 113 Å². The van der Waals surface area contributed by atoms with Gasteiger partial charge >= 0.3 is 12.1 Å². The second kappa shape index (κ2) is 14.7. The van der Waals surface area contributed by atoms with Crippen LogP contribution in [0.4, 0.5) is 4.79 Å². The minimum absolute atomic E-state index is 0.0109. The summed E-state index contributed by atoms with van der Waals surface area (Å²) in [5, 5.41) is 25.7. The molecular weight excluding hydrogens is 630 g/mol. The van der Waals surface area contributed by atoms with Crippen LogP contribution >= 0.6 is 0 Å². The van der Waals surface area contributed by atoms with Crippen LogP contribution in [-0.2, 0) is 35.5 Å². The molecule has 3 atom stereocenters. The number of alkyl carbamates (subject to hydrolysis) is 1. The summed E-state index contributed by atoms with van der Waals surface area (Å²) < 4.78 is 46.3. The van der Waals surface area contributed by atoms with Gasteiger partial charge in [0.15, 0.2) is 6.04 Å². The number of sulfonamides is 1. The van der Waals surface area contributed by atoms with Gasteiger partial charge in [0.25, 0.3) is 10.0 Å². The van der Waals surface area contributed by atoms with Gasteiger partial charge in [-0.1, -0.05) is 0 Å². The summed E-state index contributed by atoms with van der Waals surface area (Å²) in [7, 11) is -4.14. The molecule has 0 fully saturated rings. The van der Waals surface area contributed by atoms with Gasteiger partial charge in [0, 0.05) is 18.5 Å². The fourth-order valence-corrected chi connectivity index (χ4v) is 6.89. The number of carbonyl (C=O) groups excluding carboxylic acids is 2. The molecule has 0 saturated heterocycles. The van der Waals surface area contributed by atoms with E-state index in [0.717, 1.165) is 11.1 Å². The average Bonchev–Trinajstić information content (AvgIpc) is 3.20. The van der Waals surface area contributed by atoms with Crippen molar-refractivity contribution in [2.45, 2.75) is 142 Å². The highest BCUT2D eigenvalue weighted by Crippen LogP contribution is 2.43. The molecule has 0 spiro atoms. The molecule has 47 heavy (non-hydrogen) atoms. The maximum absolute atomic E-state index is 13.5. The van der Waals surface area contributed by atoms with Crippen molar-refractivity contribution in [1.29, 1.82) is 5.41 Å². The Labute approximate surface area is 278 Å². The van der Waals surface area contributed by atoms with Crippen LogP contribution in [0.3, 0.4) is 0 Å². The molecule has 0 bridgehead atoms. The van der Waals surface area contributed by atoms with Crippen molar-refractivity contribution in [1.82, 2.24) is 20.7 Å². The zero-order valence-electron chi connectivity index (χ0n) is 29.7. The quantitative estimate of drug-likeness (QED) is 0.107. The fraction of sp³-hybridized carbons (Fsp3) is 0.688. The van der Waals surface area contributed by atoms with E-state index in [2.05, 4.69) is 20.7 Å². The molecule has 1 aliphatic heterocycles. The van der Waals surface area contributed by atoms with Gasteiger partial charge in [0.05, 0.1) is 16.6 Å². The highest BCUT2D eigenvalue weighted by molar-refractivity contribution is 7.90. The predicted octanol–water partition coefficient (Wildman–Crippen LogP) is 3.57. The normalized spacial score (nSPS) is 16.2. The van der Waals surface area contributed by atoms with E-state index in [9.17, 15) is 27.9 Å². The summed E-state index contributed by atoms with van der Waals surface area (Å²) in [5.74, 6) is -1.86. The van der Waals surface area contributed by atoms with Crippen LogP contribution in [-0.4, -0.2) is 79.0 Å². The first kappa shape index (κ1) is 39.6. The molecule has 15 heteroatoms. The number of amides is 2. The molecule has 2 amide bonds. The molecule has 6 N–H and O–H groups in total. The van der Waals surface area contributed by atoms with Gasteiger partial charge in [0.1, 0.15) is 23.0 Å². The first-order valence-electron chi connectivity index (χ1n) is 15.6. The Bertz CT molecular complexity index is 1480. The largest absolute Gasteiger partial charge is 0.487 e. The van der Waals surface area contributed by atoms with Gasteiger partial charge in [-0.15, -0.1) is 0 Å². The maximum Gasteiger partial charge on any atom is 0.408 e. The smallest absolute Gasteiger partial charge is 0.408 e. The molecule has 1 heterocycles. The third-order valence-electron chi connectivity index (χ3n) is 7.35. The van der Waals surface area contributed by atoms with Crippen molar-refractivity contribution in [3.63, 3.8) is 0 Å². The summed E-state index contributed by atoms with van der Waals surface area (Å²) in [6.45, 7) is 21.0. The number of ether oxygens (including phenoxy) is 3. The first-order chi connectivity index (χ1) is 21.2. The first-order valence-corrected chi connectivity index (χ1v) is 17.1. The van der Waals surface area contributed by atoms with E-state index in [4.69, 9.17) is 19.6 Å². The van der Waals surface area contributed by atoms with E-state index in [1.165, 1.54) is 6.92 Å². The van der Waals surface area contributed by atoms with E-state index >= 15 is 0 Å². The molecule has 1 aromatic rings. The van der Waals surface area contributed by atoms with Crippen LogP contribution in [0.15, 0.2) is 4.90 Å². The monoisotopic (exact) mass is 683 g/mol. The standard InChI is InChI=1S/C32H53N5O9S/c1-17-18(2)25(19(3)21-16-32(11,12)45-24(17)21)47(42,43)37-28(33)34-15-13-14-22(35-29(41)46-31(8,9)10)26(38)36-23(27(39)40)20(4)44-30(5,6)7/h20,22-23H,13-16H2,1-12H3,(H,35,41)(H,36,38)(H,39,40)(H3,33,34,37)/t20?,22-,23-/m0/s1. The highest BCUT2D eigenvalue weighted by Gasteiger charge is 2.37. The van der Waals surface area contributed by atoms with Crippen LogP contribution in [0.2, 0.25) is 0 Å². The minimum Gasteiger partial charge on any atom is -0.487 e. The molecule has 14 nitrogen and oxygen atoms in total. The number of benzene rings is 1. The van der Waals surface area contributed by atoms with Crippen molar-refractivity contribution >= 4 is 34.0 Å². The number of fused-ring (bicyclic) bond motifs is 1. The van der Waals surface area contributed by atoms with E-state index in [-0.39, 0.29) is 24.3 Å². The minimum atomic E-state index is -4.14. The molecule has 266 valence electrons. The number of rotatable bonds is 12. The topological polar surface area (TPSA) is 205 Å². The van der Waals surface area contributed by atoms with Gasteiger partial charge in [-0.3, -0.25) is 10.2 Å². The van der Waals surface area contributed by atoms with Gasteiger partial charge in [-0.2, -0.15) is 0 Å². The van der Waals surface area contributed by atoms with Crippen LogP contribution in [0.25, 0.3) is 0 Å². The zero-order valence-corrected chi connectivity index (χ0v) is 30.5. The molecule has 0 radical (unpaired) electrons. The molecule has 0 aromatic heterocycles. The number of carbonyl (C=O) groups is 3. The fourth-order valence-electron chi connectivity index (χ4n) is 5.37. The number of carboxylic acid groups (broad SMARTS) is 1. The number of aliphatic carboxylic acids is 1. The van der Waals surface area contributed by atoms with Crippen LogP contribution < -0.4 is 25.4 Å². The second-order valence-corrected chi connectivity index (χ2v) is 16.2. The maximum atomic E-state index is 13.5. The second-order valence-electron chi connectivity index (χ2n) is 14.6. The van der Waals surface area contributed by atoms with Crippen LogP contribution in [0.5, 0.6) is 5.75 Å². The Hall–Kier alpha value is -3.59. The lowest BCUT2D eigenvalue weighted by atomic mass is 9.94. The number of hydrogen-bond acceptors (Lipinski definition) is 9. The molecule has 0 saturated carbocycles. The zero-order chi connectivity index (χ0) is 36.3. The van der Waals surface area contributed by atoms with Crippen molar-refractivity contribution in [2.24, 2.45) is 0 Å². The average molecular weight is 684 g/mol. The number of nitrogens with one attached hydrogen (secondary N) is 5. The lowest BCUT2D eigenvalue weighted by Gasteiger charge is -2.30. The Balaban J connectivity index is 2.13.